The minimum atomic E-state index is -0.0184. The summed E-state index contributed by atoms with van der Waals surface area (Å²) in [6.45, 7) is 4.56. The molecule has 0 atom stereocenters. The minimum absolute atomic E-state index is 0.0184. The molecule has 2 aromatic carbocycles. The van der Waals surface area contributed by atoms with E-state index in [1.807, 2.05) is 36.4 Å². The van der Waals surface area contributed by atoms with E-state index in [0.29, 0.717) is 18.1 Å². The van der Waals surface area contributed by atoms with Crippen molar-refractivity contribution in [1.82, 2.24) is 0 Å². The monoisotopic (exact) mass is 294 g/mol. The zero-order valence-corrected chi connectivity index (χ0v) is 12.7. The fourth-order valence-corrected chi connectivity index (χ4v) is 2.14. The van der Waals surface area contributed by atoms with Crippen LogP contribution in [0.1, 0.15) is 36.5 Å². The zero-order chi connectivity index (χ0) is 15.9. The number of oxime groups is 1. The van der Waals surface area contributed by atoms with Gasteiger partial charge in [0.15, 0.2) is 5.71 Å². The maximum atomic E-state index is 9.01. The second-order valence-corrected chi connectivity index (χ2v) is 5.23. The van der Waals surface area contributed by atoms with Crippen molar-refractivity contribution in [2.75, 3.05) is 0 Å². The van der Waals surface area contributed by atoms with Crippen LogP contribution in [0.5, 0.6) is 5.75 Å². The van der Waals surface area contributed by atoms with E-state index in [-0.39, 0.29) is 5.71 Å². The topological polar surface area (TPSA) is 65.6 Å². The number of benzene rings is 2. The molecule has 0 saturated heterocycles. The van der Waals surface area contributed by atoms with Crippen molar-refractivity contribution in [1.29, 1.82) is 5.26 Å². The Kier molecular flexibility index (Phi) is 5.16. The van der Waals surface area contributed by atoms with Crippen LogP contribution in [0.15, 0.2) is 53.7 Å². The van der Waals surface area contributed by atoms with Crippen molar-refractivity contribution in [3.05, 3.63) is 65.2 Å². The van der Waals surface area contributed by atoms with Crippen LogP contribution in [0.25, 0.3) is 0 Å². The van der Waals surface area contributed by atoms with Gasteiger partial charge < -0.3 is 9.94 Å². The van der Waals surface area contributed by atoms with Crippen molar-refractivity contribution < 1.29 is 9.94 Å². The molecule has 2 aromatic rings. The lowest BCUT2D eigenvalue weighted by atomic mass is 10.0. The van der Waals surface area contributed by atoms with E-state index < -0.39 is 0 Å². The number of ether oxygens (including phenoxy) is 1. The van der Waals surface area contributed by atoms with Gasteiger partial charge in [-0.3, -0.25) is 0 Å². The van der Waals surface area contributed by atoms with Crippen LogP contribution in [0.3, 0.4) is 0 Å². The van der Waals surface area contributed by atoms with E-state index in [0.717, 1.165) is 11.3 Å². The summed E-state index contributed by atoms with van der Waals surface area (Å²) >= 11 is 0. The van der Waals surface area contributed by atoms with Gasteiger partial charge in [-0.25, -0.2) is 0 Å². The SMILES string of the molecule is CC(C)c1cccc(OCc2ccccc2C(C#N)=NO)c1. The highest BCUT2D eigenvalue weighted by molar-refractivity contribution is 6.12. The van der Waals surface area contributed by atoms with Crippen LogP contribution < -0.4 is 4.74 Å². The second kappa shape index (κ2) is 7.28. The Balaban J connectivity index is 2.19. The fourth-order valence-electron chi connectivity index (χ4n) is 2.14. The van der Waals surface area contributed by atoms with Gasteiger partial charge >= 0.3 is 0 Å². The molecule has 0 aromatic heterocycles. The fraction of sp³-hybridized carbons (Fsp3) is 0.222. The molecule has 4 heteroatoms. The summed E-state index contributed by atoms with van der Waals surface area (Å²) in [6.07, 6.45) is 0. The van der Waals surface area contributed by atoms with Crippen molar-refractivity contribution in [3.8, 4) is 11.8 Å². The predicted octanol–water partition coefficient (Wildman–Crippen LogP) is 4.09. The molecule has 0 amide bonds. The summed E-state index contributed by atoms with van der Waals surface area (Å²) in [5, 5.41) is 20.9. The smallest absolute Gasteiger partial charge is 0.187 e. The van der Waals surface area contributed by atoms with Crippen LogP contribution in [-0.4, -0.2) is 10.9 Å². The van der Waals surface area contributed by atoms with Crippen molar-refractivity contribution in [2.24, 2.45) is 5.16 Å². The Bertz CT molecular complexity index is 715. The van der Waals surface area contributed by atoms with Gasteiger partial charge in [-0.15, -0.1) is 0 Å². The third-order valence-corrected chi connectivity index (χ3v) is 3.40. The Morgan fingerprint density at radius 3 is 2.68 bits per heavy atom. The summed E-state index contributed by atoms with van der Waals surface area (Å²) in [6, 6.07) is 17.1. The molecule has 0 heterocycles. The summed E-state index contributed by atoms with van der Waals surface area (Å²) in [5.74, 6) is 1.21. The molecular formula is C18H18N2O2. The van der Waals surface area contributed by atoms with Crippen LogP contribution >= 0.6 is 0 Å². The third kappa shape index (κ3) is 3.64. The number of hydrogen-bond donors (Lipinski definition) is 1. The first-order valence-electron chi connectivity index (χ1n) is 7.09. The van der Waals surface area contributed by atoms with Gasteiger partial charge in [-0.1, -0.05) is 55.4 Å². The van der Waals surface area contributed by atoms with E-state index in [9.17, 15) is 0 Å². The average molecular weight is 294 g/mol. The summed E-state index contributed by atoms with van der Waals surface area (Å²) in [7, 11) is 0. The molecule has 22 heavy (non-hydrogen) atoms. The van der Waals surface area contributed by atoms with Gasteiger partial charge in [0.25, 0.3) is 0 Å². The maximum absolute atomic E-state index is 9.01. The standard InChI is InChI=1S/C18H18N2O2/c1-13(2)14-7-5-8-16(10-14)22-12-15-6-3-4-9-17(15)18(11-19)20-21/h3-10,13,21H,12H2,1-2H3. The van der Waals surface area contributed by atoms with Crippen LogP contribution in [0.2, 0.25) is 0 Å². The number of nitrogens with zero attached hydrogens (tertiary/aromatic N) is 2. The van der Waals surface area contributed by atoms with E-state index in [1.165, 1.54) is 5.56 Å². The molecule has 4 nitrogen and oxygen atoms in total. The molecule has 0 aliphatic rings. The molecule has 0 saturated carbocycles. The first-order valence-corrected chi connectivity index (χ1v) is 7.09. The highest BCUT2D eigenvalue weighted by Gasteiger charge is 2.10. The molecule has 0 spiro atoms. The quantitative estimate of drug-likeness (QED) is 0.513. The number of rotatable bonds is 5. The van der Waals surface area contributed by atoms with Crippen molar-refractivity contribution >= 4 is 5.71 Å². The molecule has 0 bridgehead atoms. The van der Waals surface area contributed by atoms with Gasteiger partial charge in [-0.2, -0.15) is 5.26 Å². The Morgan fingerprint density at radius 1 is 1.23 bits per heavy atom. The molecule has 0 fully saturated rings. The second-order valence-electron chi connectivity index (χ2n) is 5.23. The molecule has 2 rings (SSSR count). The van der Waals surface area contributed by atoms with Gasteiger partial charge in [0, 0.05) is 5.56 Å². The highest BCUT2D eigenvalue weighted by Crippen LogP contribution is 2.21. The minimum Gasteiger partial charge on any atom is -0.489 e. The van der Waals surface area contributed by atoms with Crippen molar-refractivity contribution in [2.45, 2.75) is 26.4 Å². The number of nitriles is 1. The van der Waals surface area contributed by atoms with E-state index in [2.05, 4.69) is 25.1 Å². The molecule has 1 N–H and O–H groups in total. The molecule has 0 radical (unpaired) electrons. The molecular weight excluding hydrogens is 276 g/mol. The van der Waals surface area contributed by atoms with Crippen molar-refractivity contribution in [3.63, 3.8) is 0 Å². The number of hydrogen-bond acceptors (Lipinski definition) is 4. The normalized spacial score (nSPS) is 11.3. The van der Waals surface area contributed by atoms with Crippen LogP contribution in [-0.2, 0) is 6.61 Å². The van der Waals surface area contributed by atoms with E-state index in [1.54, 1.807) is 12.1 Å². The van der Waals surface area contributed by atoms with Crippen LogP contribution in [0.4, 0.5) is 0 Å². The first-order chi connectivity index (χ1) is 10.7. The molecule has 0 aliphatic heterocycles. The zero-order valence-electron chi connectivity index (χ0n) is 12.7. The predicted molar refractivity (Wildman–Crippen MR) is 85.2 cm³/mol. The summed E-state index contributed by atoms with van der Waals surface area (Å²) in [5.41, 5.74) is 2.56. The Hall–Kier alpha value is -2.80. The van der Waals surface area contributed by atoms with Crippen LogP contribution in [0, 0.1) is 11.3 Å². The average Bonchev–Trinajstić information content (AvgIpc) is 2.55. The van der Waals surface area contributed by atoms with E-state index >= 15 is 0 Å². The summed E-state index contributed by atoms with van der Waals surface area (Å²) < 4.78 is 5.82. The molecule has 0 aliphatic carbocycles. The van der Waals surface area contributed by atoms with Gasteiger partial charge in [0.05, 0.1) is 0 Å². The van der Waals surface area contributed by atoms with Gasteiger partial charge in [0.1, 0.15) is 18.4 Å². The lowest BCUT2D eigenvalue weighted by Crippen LogP contribution is -2.06. The van der Waals surface area contributed by atoms with Gasteiger partial charge in [0.2, 0.25) is 0 Å². The van der Waals surface area contributed by atoms with Gasteiger partial charge in [-0.05, 0) is 29.2 Å². The maximum Gasteiger partial charge on any atom is 0.187 e. The summed E-state index contributed by atoms with van der Waals surface area (Å²) in [4.78, 5) is 0. The highest BCUT2D eigenvalue weighted by atomic mass is 16.5. The molecule has 0 unspecified atom stereocenters. The first kappa shape index (κ1) is 15.6. The van der Waals surface area contributed by atoms with E-state index in [4.69, 9.17) is 15.2 Å². The lowest BCUT2D eigenvalue weighted by molar-refractivity contribution is 0.305. The largest absolute Gasteiger partial charge is 0.489 e. The Morgan fingerprint density at radius 2 is 2.00 bits per heavy atom. The third-order valence-electron chi connectivity index (χ3n) is 3.40. The lowest BCUT2D eigenvalue weighted by Gasteiger charge is -2.11. The molecule has 112 valence electrons. The Labute approximate surface area is 130 Å².